The number of carbonyl (C=O) groups excluding carboxylic acids is 1. The van der Waals surface area contributed by atoms with Gasteiger partial charge in [0.25, 0.3) is 5.91 Å². The molecule has 1 atom stereocenters. The van der Waals surface area contributed by atoms with Crippen LogP contribution in [0, 0.1) is 31.3 Å². The molecule has 0 aliphatic rings. The van der Waals surface area contributed by atoms with Crippen LogP contribution in [-0.4, -0.2) is 5.91 Å². The summed E-state index contributed by atoms with van der Waals surface area (Å²) in [6, 6.07) is 4.83. The zero-order valence-electron chi connectivity index (χ0n) is 12.5. The van der Waals surface area contributed by atoms with Crippen LogP contribution in [0.5, 0.6) is 0 Å². The van der Waals surface area contributed by atoms with Crippen molar-refractivity contribution in [3.63, 3.8) is 0 Å². The first-order chi connectivity index (χ1) is 10.3. The Kier molecular flexibility index (Phi) is 4.49. The largest absolute Gasteiger partial charge is 0.318 e. The lowest BCUT2D eigenvalue weighted by molar-refractivity contribution is -0.711. The van der Waals surface area contributed by atoms with Gasteiger partial charge in [0, 0.05) is 25.5 Å². The third-order valence-electron chi connectivity index (χ3n) is 3.64. The minimum Gasteiger partial charge on any atom is -0.318 e. The number of nitrogens with one attached hydrogen (secondary N) is 1. The van der Waals surface area contributed by atoms with E-state index in [1.165, 1.54) is 0 Å². The molecular formula is C16H16F3N2O+. The summed E-state index contributed by atoms with van der Waals surface area (Å²) < 4.78 is 41.4. The normalized spacial score (nSPS) is 12.1. The van der Waals surface area contributed by atoms with Crippen LogP contribution >= 0.6 is 0 Å². The van der Waals surface area contributed by atoms with E-state index in [-0.39, 0.29) is 5.69 Å². The number of benzene rings is 1. The molecule has 1 amide bonds. The summed E-state index contributed by atoms with van der Waals surface area (Å²) in [7, 11) is 0. The first-order valence-corrected chi connectivity index (χ1v) is 6.74. The predicted molar refractivity (Wildman–Crippen MR) is 75.8 cm³/mol. The van der Waals surface area contributed by atoms with E-state index in [9.17, 15) is 18.0 Å². The van der Waals surface area contributed by atoms with Crippen molar-refractivity contribution in [2.45, 2.75) is 26.8 Å². The molecule has 0 unspecified atom stereocenters. The number of hydrogen-bond donors (Lipinski definition) is 1. The van der Waals surface area contributed by atoms with Crippen molar-refractivity contribution in [2.75, 3.05) is 5.32 Å². The summed E-state index contributed by atoms with van der Waals surface area (Å²) in [5.41, 5.74) is 1.50. The number of anilines is 1. The van der Waals surface area contributed by atoms with E-state index in [0.29, 0.717) is 0 Å². The molecule has 0 bridgehead atoms. The van der Waals surface area contributed by atoms with Crippen molar-refractivity contribution in [1.29, 1.82) is 0 Å². The zero-order valence-corrected chi connectivity index (χ0v) is 12.5. The molecule has 0 saturated heterocycles. The molecular weight excluding hydrogens is 293 g/mol. The van der Waals surface area contributed by atoms with Crippen molar-refractivity contribution < 1.29 is 22.5 Å². The second kappa shape index (κ2) is 6.17. The second-order valence-electron chi connectivity index (χ2n) is 5.07. The standard InChI is InChI=1S/C16H15F3N2O/c1-9-5-4-8-21(10(9)2)11(3)16(22)20-13-7-6-12(17)14(18)15(13)19/h4-8,11H,1-3H3/p+1/t11-/m1/s1. The van der Waals surface area contributed by atoms with Crippen molar-refractivity contribution in [1.82, 2.24) is 0 Å². The number of carbonyl (C=O) groups is 1. The maximum absolute atomic E-state index is 13.6. The van der Waals surface area contributed by atoms with E-state index >= 15 is 0 Å². The SMILES string of the molecule is Cc1ccc[n+]([C@H](C)C(=O)Nc2ccc(F)c(F)c2F)c1C. The molecule has 116 valence electrons. The van der Waals surface area contributed by atoms with E-state index in [1.807, 2.05) is 19.9 Å². The number of aromatic nitrogens is 1. The van der Waals surface area contributed by atoms with Crippen molar-refractivity contribution >= 4 is 11.6 Å². The van der Waals surface area contributed by atoms with E-state index in [1.54, 1.807) is 23.8 Å². The second-order valence-corrected chi connectivity index (χ2v) is 5.07. The lowest BCUT2D eigenvalue weighted by Crippen LogP contribution is -2.47. The van der Waals surface area contributed by atoms with Gasteiger partial charge in [-0.05, 0) is 25.1 Å². The Morgan fingerprint density at radius 1 is 1.14 bits per heavy atom. The third-order valence-corrected chi connectivity index (χ3v) is 3.64. The monoisotopic (exact) mass is 309 g/mol. The quantitative estimate of drug-likeness (QED) is 0.685. The van der Waals surface area contributed by atoms with Gasteiger partial charge in [-0.25, -0.2) is 13.2 Å². The highest BCUT2D eigenvalue weighted by Gasteiger charge is 2.26. The van der Waals surface area contributed by atoms with E-state index < -0.39 is 29.4 Å². The molecule has 3 nitrogen and oxygen atoms in total. The summed E-state index contributed by atoms with van der Waals surface area (Å²) in [5, 5.41) is 2.28. The molecule has 2 aromatic rings. The Morgan fingerprint density at radius 3 is 2.50 bits per heavy atom. The van der Waals surface area contributed by atoms with Crippen LogP contribution in [0.15, 0.2) is 30.5 Å². The van der Waals surface area contributed by atoms with Gasteiger partial charge in [0.2, 0.25) is 6.04 Å². The van der Waals surface area contributed by atoms with Crippen LogP contribution in [-0.2, 0) is 4.79 Å². The zero-order chi connectivity index (χ0) is 16.4. The van der Waals surface area contributed by atoms with Crippen LogP contribution in [0.25, 0.3) is 0 Å². The van der Waals surface area contributed by atoms with Crippen LogP contribution in [0.2, 0.25) is 0 Å². The molecule has 0 spiro atoms. The molecule has 6 heteroatoms. The maximum atomic E-state index is 13.6. The highest BCUT2D eigenvalue weighted by Crippen LogP contribution is 2.20. The molecule has 0 aliphatic carbocycles. The number of rotatable bonds is 3. The average molecular weight is 309 g/mol. The summed E-state index contributed by atoms with van der Waals surface area (Å²) in [5.74, 6) is -4.84. The van der Waals surface area contributed by atoms with E-state index in [2.05, 4.69) is 5.32 Å². The first-order valence-electron chi connectivity index (χ1n) is 6.74. The fourth-order valence-electron chi connectivity index (χ4n) is 2.12. The van der Waals surface area contributed by atoms with Crippen LogP contribution < -0.4 is 9.88 Å². The maximum Gasteiger partial charge on any atom is 0.293 e. The van der Waals surface area contributed by atoms with Gasteiger partial charge in [-0.1, -0.05) is 0 Å². The van der Waals surface area contributed by atoms with Gasteiger partial charge in [0.15, 0.2) is 29.3 Å². The Labute approximate surface area is 126 Å². The fraction of sp³-hybridized carbons (Fsp3) is 0.250. The molecule has 22 heavy (non-hydrogen) atoms. The van der Waals surface area contributed by atoms with Crippen molar-refractivity contribution in [3.05, 3.63) is 59.2 Å². The molecule has 0 saturated carbocycles. The Hall–Kier alpha value is -2.37. The van der Waals surface area contributed by atoms with Gasteiger partial charge in [0.1, 0.15) is 0 Å². The molecule has 1 heterocycles. The van der Waals surface area contributed by atoms with Gasteiger partial charge in [-0.2, -0.15) is 4.57 Å². The molecule has 2 rings (SSSR count). The summed E-state index contributed by atoms with van der Waals surface area (Å²) in [6.07, 6.45) is 1.73. The number of halogens is 3. The Morgan fingerprint density at radius 2 is 1.82 bits per heavy atom. The van der Waals surface area contributed by atoms with Gasteiger partial charge < -0.3 is 5.32 Å². The molecule has 0 aliphatic heterocycles. The number of hydrogen-bond acceptors (Lipinski definition) is 1. The third kappa shape index (κ3) is 2.95. The summed E-state index contributed by atoms with van der Waals surface area (Å²) >= 11 is 0. The first kappa shape index (κ1) is 16.0. The topological polar surface area (TPSA) is 33.0 Å². The van der Waals surface area contributed by atoms with Crippen LogP contribution in [0.4, 0.5) is 18.9 Å². The van der Waals surface area contributed by atoms with Gasteiger partial charge in [-0.15, -0.1) is 0 Å². The van der Waals surface area contributed by atoms with Crippen molar-refractivity contribution in [3.8, 4) is 0 Å². The number of amides is 1. The van der Waals surface area contributed by atoms with E-state index in [0.717, 1.165) is 23.4 Å². The molecule has 1 N–H and O–H groups in total. The van der Waals surface area contributed by atoms with Crippen molar-refractivity contribution in [2.24, 2.45) is 0 Å². The number of aryl methyl sites for hydroxylation is 1. The summed E-state index contributed by atoms with van der Waals surface area (Å²) in [6.45, 7) is 5.41. The number of pyridine rings is 1. The van der Waals surface area contributed by atoms with Gasteiger partial charge in [-0.3, -0.25) is 4.79 Å². The average Bonchev–Trinajstić information content (AvgIpc) is 2.50. The predicted octanol–water partition coefficient (Wildman–Crippen LogP) is 3.21. The number of nitrogens with zero attached hydrogens (tertiary/aromatic N) is 1. The minimum absolute atomic E-state index is 0.387. The molecule has 0 fully saturated rings. The van der Waals surface area contributed by atoms with Crippen LogP contribution in [0.3, 0.4) is 0 Å². The van der Waals surface area contributed by atoms with Gasteiger partial charge in [0.05, 0.1) is 5.69 Å². The highest BCUT2D eigenvalue weighted by molar-refractivity contribution is 5.92. The lowest BCUT2D eigenvalue weighted by atomic mass is 10.2. The molecule has 0 radical (unpaired) electrons. The smallest absolute Gasteiger partial charge is 0.293 e. The Bertz CT molecular complexity index is 732. The minimum atomic E-state index is -1.61. The molecule has 1 aromatic heterocycles. The Balaban J connectivity index is 2.26. The fourth-order valence-corrected chi connectivity index (χ4v) is 2.12. The lowest BCUT2D eigenvalue weighted by Gasteiger charge is -2.12. The highest BCUT2D eigenvalue weighted by atomic mass is 19.2. The van der Waals surface area contributed by atoms with Gasteiger partial charge >= 0.3 is 0 Å². The van der Waals surface area contributed by atoms with E-state index in [4.69, 9.17) is 0 Å². The molecule has 1 aromatic carbocycles. The van der Waals surface area contributed by atoms with Crippen LogP contribution in [0.1, 0.15) is 24.2 Å². The summed E-state index contributed by atoms with van der Waals surface area (Å²) in [4.78, 5) is 12.2.